The summed E-state index contributed by atoms with van der Waals surface area (Å²) in [4.78, 5) is 4.11. The van der Waals surface area contributed by atoms with Crippen LogP contribution < -0.4 is 16.0 Å². The van der Waals surface area contributed by atoms with E-state index >= 15 is 0 Å². The second kappa shape index (κ2) is 6.50. The van der Waals surface area contributed by atoms with Crippen molar-refractivity contribution in [2.75, 3.05) is 0 Å². The molecule has 0 aliphatic rings. The van der Waals surface area contributed by atoms with E-state index in [4.69, 9.17) is 10.6 Å². The van der Waals surface area contributed by atoms with Gasteiger partial charge in [-0.05, 0) is 55.7 Å². The van der Waals surface area contributed by atoms with Crippen LogP contribution in [0.2, 0.25) is 0 Å². The Morgan fingerprint density at radius 3 is 2.40 bits per heavy atom. The average Bonchev–Trinajstić information content (AvgIpc) is 2.43. The number of hydrogen-bond acceptors (Lipinski definition) is 4. The second-order valence-corrected chi connectivity index (χ2v) is 5.07. The first-order valence-electron chi connectivity index (χ1n) is 6.75. The van der Waals surface area contributed by atoms with Gasteiger partial charge in [-0.1, -0.05) is 12.1 Å². The van der Waals surface area contributed by atoms with Crippen molar-refractivity contribution < 1.29 is 4.74 Å². The van der Waals surface area contributed by atoms with Crippen molar-refractivity contribution in [3.8, 4) is 5.75 Å². The monoisotopic (exact) mass is 271 g/mol. The summed E-state index contributed by atoms with van der Waals surface area (Å²) in [5.41, 5.74) is 6.20. The summed E-state index contributed by atoms with van der Waals surface area (Å²) >= 11 is 0. The molecule has 3 N–H and O–H groups in total. The van der Waals surface area contributed by atoms with E-state index in [1.807, 2.05) is 57.3 Å². The minimum absolute atomic E-state index is 0.0499. The van der Waals surface area contributed by atoms with Crippen molar-refractivity contribution in [3.05, 3.63) is 59.4 Å². The van der Waals surface area contributed by atoms with Gasteiger partial charge in [0.2, 0.25) is 0 Å². The Hall–Kier alpha value is -1.91. The number of aryl methyl sites for hydroxylation is 1. The third-order valence-electron chi connectivity index (χ3n) is 3.13. The minimum atomic E-state index is -0.0499. The maximum absolute atomic E-state index is 5.72. The van der Waals surface area contributed by atoms with Gasteiger partial charge in [0.15, 0.2) is 0 Å². The number of hydrogen-bond donors (Lipinski definition) is 2. The average molecular weight is 271 g/mol. The summed E-state index contributed by atoms with van der Waals surface area (Å²) in [6.07, 6.45) is 3.80. The second-order valence-electron chi connectivity index (χ2n) is 5.07. The largest absolute Gasteiger partial charge is 0.491 e. The van der Waals surface area contributed by atoms with E-state index in [9.17, 15) is 0 Å². The van der Waals surface area contributed by atoms with Gasteiger partial charge in [0.1, 0.15) is 5.75 Å². The van der Waals surface area contributed by atoms with E-state index in [-0.39, 0.29) is 12.1 Å². The van der Waals surface area contributed by atoms with Gasteiger partial charge in [0.25, 0.3) is 0 Å². The summed E-state index contributed by atoms with van der Waals surface area (Å²) in [5, 5.41) is 0. The first kappa shape index (κ1) is 14.5. The lowest BCUT2D eigenvalue weighted by Crippen LogP contribution is -2.29. The molecule has 4 heteroatoms. The Labute approximate surface area is 120 Å². The Balaban J connectivity index is 2.26. The van der Waals surface area contributed by atoms with E-state index in [0.29, 0.717) is 0 Å². The normalized spacial score (nSPS) is 12.4. The Morgan fingerprint density at radius 1 is 1.15 bits per heavy atom. The number of rotatable bonds is 5. The van der Waals surface area contributed by atoms with Gasteiger partial charge < -0.3 is 4.74 Å². The van der Waals surface area contributed by atoms with Crippen molar-refractivity contribution in [1.29, 1.82) is 0 Å². The molecule has 1 aromatic heterocycles. The molecule has 20 heavy (non-hydrogen) atoms. The summed E-state index contributed by atoms with van der Waals surface area (Å²) < 4.78 is 5.65. The molecule has 0 bridgehead atoms. The number of pyridine rings is 1. The van der Waals surface area contributed by atoms with Crippen molar-refractivity contribution >= 4 is 0 Å². The molecule has 106 valence electrons. The quantitative estimate of drug-likeness (QED) is 0.648. The summed E-state index contributed by atoms with van der Waals surface area (Å²) in [5.74, 6) is 6.59. The van der Waals surface area contributed by atoms with Gasteiger partial charge in [-0.15, -0.1) is 0 Å². The first-order valence-corrected chi connectivity index (χ1v) is 6.75. The van der Waals surface area contributed by atoms with Crippen molar-refractivity contribution in [2.24, 2.45) is 5.84 Å². The molecule has 0 fully saturated rings. The highest BCUT2D eigenvalue weighted by Crippen LogP contribution is 2.25. The number of hydrazine groups is 1. The first-order chi connectivity index (χ1) is 9.61. The molecule has 4 nitrogen and oxygen atoms in total. The van der Waals surface area contributed by atoms with Crippen LogP contribution in [-0.4, -0.2) is 11.1 Å². The van der Waals surface area contributed by atoms with Crippen LogP contribution in [0, 0.1) is 6.92 Å². The SMILES string of the molecule is Cc1cnccc1C(NN)c1ccc(OC(C)C)cc1. The van der Waals surface area contributed by atoms with Crippen LogP contribution in [0.5, 0.6) is 5.75 Å². The third kappa shape index (κ3) is 3.35. The van der Waals surface area contributed by atoms with Crippen molar-refractivity contribution in [3.63, 3.8) is 0 Å². The van der Waals surface area contributed by atoms with Gasteiger partial charge in [-0.3, -0.25) is 10.8 Å². The molecule has 0 amide bonds. The van der Waals surface area contributed by atoms with Crippen LogP contribution >= 0.6 is 0 Å². The minimum Gasteiger partial charge on any atom is -0.491 e. The molecule has 1 aromatic carbocycles. The van der Waals surface area contributed by atoms with Crippen LogP contribution in [0.4, 0.5) is 0 Å². The van der Waals surface area contributed by atoms with Gasteiger partial charge in [-0.25, -0.2) is 5.43 Å². The molecule has 0 aliphatic heterocycles. The molecule has 1 heterocycles. The predicted octanol–water partition coefficient (Wildman–Crippen LogP) is 2.73. The molecular formula is C16H21N3O. The highest BCUT2D eigenvalue weighted by atomic mass is 16.5. The maximum Gasteiger partial charge on any atom is 0.119 e. The highest BCUT2D eigenvalue weighted by Gasteiger charge is 2.14. The van der Waals surface area contributed by atoms with Gasteiger partial charge in [-0.2, -0.15) is 0 Å². The van der Waals surface area contributed by atoms with Crippen molar-refractivity contribution in [1.82, 2.24) is 10.4 Å². The fraction of sp³-hybridized carbons (Fsp3) is 0.312. The lowest BCUT2D eigenvalue weighted by atomic mass is 9.97. The zero-order valence-electron chi connectivity index (χ0n) is 12.1. The Morgan fingerprint density at radius 2 is 1.85 bits per heavy atom. The number of nitrogens with two attached hydrogens (primary N) is 1. The predicted molar refractivity (Wildman–Crippen MR) is 80.3 cm³/mol. The van der Waals surface area contributed by atoms with E-state index in [1.165, 1.54) is 0 Å². The smallest absolute Gasteiger partial charge is 0.119 e. The molecule has 1 atom stereocenters. The molecule has 2 aromatic rings. The number of nitrogens with one attached hydrogen (secondary N) is 1. The van der Waals surface area contributed by atoms with Gasteiger partial charge >= 0.3 is 0 Å². The highest BCUT2D eigenvalue weighted by molar-refractivity contribution is 5.37. The number of aromatic nitrogens is 1. The topological polar surface area (TPSA) is 60.2 Å². The van der Waals surface area contributed by atoms with E-state index < -0.39 is 0 Å². The molecule has 0 saturated heterocycles. The Bertz CT molecular complexity index is 552. The van der Waals surface area contributed by atoms with E-state index in [0.717, 1.165) is 22.4 Å². The maximum atomic E-state index is 5.72. The van der Waals surface area contributed by atoms with Crippen molar-refractivity contribution in [2.45, 2.75) is 32.9 Å². The van der Waals surface area contributed by atoms with Crippen LogP contribution in [-0.2, 0) is 0 Å². The van der Waals surface area contributed by atoms with Gasteiger partial charge in [0.05, 0.1) is 12.1 Å². The summed E-state index contributed by atoms with van der Waals surface area (Å²) in [6, 6.07) is 9.93. The van der Waals surface area contributed by atoms with E-state index in [2.05, 4.69) is 10.4 Å². The molecular weight excluding hydrogens is 250 g/mol. The Kier molecular flexibility index (Phi) is 4.71. The third-order valence-corrected chi connectivity index (χ3v) is 3.13. The lowest BCUT2D eigenvalue weighted by molar-refractivity contribution is 0.242. The molecule has 2 rings (SSSR count). The lowest BCUT2D eigenvalue weighted by Gasteiger charge is -2.19. The molecule has 0 spiro atoms. The van der Waals surface area contributed by atoms with Crippen LogP contribution in [0.1, 0.15) is 36.6 Å². The number of nitrogens with zero attached hydrogens (tertiary/aromatic N) is 1. The summed E-state index contributed by atoms with van der Waals surface area (Å²) in [6.45, 7) is 6.06. The number of ether oxygens (including phenoxy) is 1. The van der Waals surface area contributed by atoms with Gasteiger partial charge in [0, 0.05) is 12.4 Å². The molecule has 1 unspecified atom stereocenters. The molecule has 0 aliphatic carbocycles. The zero-order valence-corrected chi connectivity index (χ0v) is 12.1. The fourth-order valence-electron chi connectivity index (χ4n) is 2.18. The summed E-state index contributed by atoms with van der Waals surface area (Å²) in [7, 11) is 0. The fourth-order valence-corrected chi connectivity index (χ4v) is 2.18. The van der Waals surface area contributed by atoms with Crippen LogP contribution in [0.25, 0.3) is 0 Å². The zero-order chi connectivity index (χ0) is 14.5. The molecule has 0 radical (unpaired) electrons. The van der Waals surface area contributed by atoms with Crippen LogP contribution in [0.3, 0.4) is 0 Å². The number of benzene rings is 1. The van der Waals surface area contributed by atoms with E-state index in [1.54, 1.807) is 6.20 Å². The molecule has 0 saturated carbocycles. The standard InChI is InChI=1S/C16H21N3O/c1-11(2)20-14-6-4-13(5-7-14)16(19-17)15-8-9-18-10-12(15)3/h4-11,16,19H,17H2,1-3H3. The van der Waals surface area contributed by atoms with Crippen LogP contribution in [0.15, 0.2) is 42.7 Å².